The number of halogens is 2. The van der Waals surface area contributed by atoms with Crippen molar-refractivity contribution in [3.63, 3.8) is 0 Å². The Hall–Kier alpha value is -2.99. The van der Waals surface area contributed by atoms with Gasteiger partial charge in [-0.15, -0.1) is 0 Å². The van der Waals surface area contributed by atoms with Gasteiger partial charge in [0.15, 0.2) is 5.78 Å². The Kier molecular flexibility index (Phi) is 3.67. The Bertz CT molecular complexity index is 1080. The number of imide groups is 1. The molecule has 2 fully saturated rings. The van der Waals surface area contributed by atoms with Crippen LogP contribution in [-0.2, 0) is 9.59 Å². The highest BCUT2D eigenvalue weighted by molar-refractivity contribution is 6.34. The zero-order valence-corrected chi connectivity index (χ0v) is 15.2. The summed E-state index contributed by atoms with van der Waals surface area (Å²) in [6.45, 7) is 0. The van der Waals surface area contributed by atoms with Gasteiger partial charge in [0, 0.05) is 16.8 Å². The number of fused-ring (bicyclic) bond motifs is 5. The van der Waals surface area contributed by atoms with Gasteiger partial charge in [-0.1, -0.05) is 35.9 Å². The van der Waals surface area contributed by atoms with Crippen LogP contribution in [0.15, 0.2) is 48.5 Å². The third-order valence-electron chi connectivity index (χ3n) is 5.72. The molecule has 2 amide bonds. The Labute approximate surface area is 164 Å². The van der Waals surface area contributed by atoms with Crippen LogP contribution in [0, 0.1) is 17.7 Å². The first-order valence-electron chi connectivity index (χ1n) is 8.87. The molecular formula is C21H14ClFN2O3. The molecule has 0 radical (unpaired) electrons. The van der Waals surface area contributed by atoms with Crippen LogP contribution in [0.2, 0.25) is 5.02 Å². The maximum Gasteiger partial charge on any atom is 0.233 e. The lowest BCUT2D eigenvalue weighted by Crippen LogP contribution is -2.47. The quantitative estimate of drug-likeness (QED) is 0.626. The highest BCUT2D eigenvalue weighted by atomic mass is 35.5. The summed E-state index contributed by atoms with van der Waals surface area (Å²) in [5.41, 5.74) is 1.51. The Morgan fingerprint density at radius 1 is 1.07 bits per heavy atom. The number of anilines is 1. The zero-order valence-electron chi connectivity index (χ0n) is 14.4. The average molecular weight is 397 g/mol. The lowest BCUT2D eigenvalue weighted by molar-refractivity contribution is -0.126. The number of carbonyl (C=O) groups is 3. The molecule has 7 heteroatoms. The minimum atomic E-state index is -0.907. The number of Topliss-reactive ketones (excluding diaryl/α,β-unsaturated/α-hetero) is 1. The number of nitrogens with one attached hydrogen (secondary N) is 1. The van der Waals surface area contributed by atoms with Crippen molar-refractivity contribution in [1.82, 2.24) is 5.32 Å². The smallest absolute Gasteiger partial charge is 0.233 e. The molecule has 0 aromatic heterocycles. The molecule has 0 bridgehead atoms. The third kappa shape index (κ3) is 2.27. The van der Waals surface area contributed by atoms with Crippen molar-refractivity contribution < 1.29 is 18.8 Å². The van der Waals surface area contributed by atoms with E-state index in [1.54, 1.807) is 47.4 Å². The monoisotopic (exact) mass is 396 g/mol. The van der Waals surface area contributed by atoms with Gasteiger partial charge >= 0.3 is 0 Å². The molecule has 5 nitrogen and oxygen atoms in total. The van der Waals surface area contributed by atoms with Crippen molar-refractivity contribution in [1.29, 1.82) is 0 Å². The summed E-state index contributed by atoms with van der Waals surface area (Å²) in [5.74, 6) is -3.11. The van der Waals surface area contributed by atoms with E-state index in [9.17, 15) is 18.8 Å². The molecule has 5 rings (SSSR count). The van der Waals surface area contributed by atoms with Gasteiger partial charge in [0.1, 0.15) is 11.9 Å². The molecule has 4 atom stereocenters. The SMILES string of the molecule is O=C1NC(=O)[C@@H]2[C@@H]1[C@@H]1C=Cc3cc(F)ccc3N1[C@H]2C(=O)c1ccccc1Cl. The van der Waals surface area contributed by atoms with Crippen LogP contribution >= 0.6 is 11.6 Å². The number of nitrogens with zero attached hydrogens (tertiary/aromatic N) is 1. The van der Waals surface area contributed by atoms with E-state index in [4.69, 9.17) is 11.6 Å². The number of hydrogen-bond donors (Lipinski definition) is 1. The van der Waals surface area contributed by atoms with E-state index in [1.165, 1.54) is 12.1 Å². The van der Waals surface area contributed by atoms with E-state index < -0.39 is 41.6 Å². The van der Waals surface area contributed by atoms with Gasteiger partial charge < -0.3 is 4.90 Å². The standard InChI is InChI=1S/C21H14ClFN2O3/c22-13-4-2-1-3-12(13)19(26)18-17-16(20(27)24-21(17)28)15-7-5-10-9-11(23)6-8-14(10)25(15)18/h1-9,15-18H,(H,24,27,28)/t15-,16-,17+,18+/m0/s1. The van der Waals surface area contributed by atoms with Crippen LogP contribution in [0.5, 0.6) is 0 Å². The van der Waals surface area contributed by atoms with Crippen molar-refractivity contribution >= 4 is 41.0 Å². The number of hydrogen-bond acceptors (Lipinski definition) is 4. The molecule has 2 aromatic rings. The second kappa shape index (κ2) is 6.01. The first-order valence-corrected chi connectivity index (χ1v) is 9.25. The van der Waals surface area contributed by atoms with Crippen molar-refractivity contribution in [2.24, 2.45) is 11.8 Å². The maximum atomic E-state index is 13.7. The van der Waals surface area contributed by atoms with Gasteiger partial charge in [-0.25, -0.2) is 4.39 Å². The van der Waals surface area contributed by atoms with Crippen LogP contribution < -0.4 is 10.2 Å². The maximum absolute atomic E-state index is 13.7. The van der Waals surface area contributed by atoms with Crippen molar-refractivity contribution in [2.45, 2.75) is 12.1 Å². The fraction of sp³-hybridized carbons (Fsp3) is 0.190. The van der Waals surface area contributed by atoms with E-state index >= 15 is 0 Å². The normalized spacial score (nSPS) is 27.3. The zero-order chi connectivity index (χ0) is 19.6. The first kappa shape index (κ1) is 17.1. The van der Waals surface area contributed by atoms with Crippen LogP contribution in [0.4, 0.5) is 10.1 Å². The van der Waals surface area contributed by atoms with Gasteiger partial charge in [-0.2, -0.15) is 0 Å². The van der Waals surface area contributed by atoms with Gasteiger partial charge in [-0.05, 0) is 30.3 Å². The van der Waals surface area contributed by atoms with Gasteiger partial charge in [0.25, 0.3) is 0 Å². The van der Waals surface area contributed by atoms with Crippen LogP contribution in [0.3, 0.4) is 0 Å². The van der Waals surface area contributed by atoms with Crippen LogP contribution in [0.1, 0.15) is 15.9 Å². The molecule has 140 valence electrons. The van der Waals surface area contributed by atoms with Crippen LogP contribution in [-0.4, -0.2) is 29.7 Å². The summed E-state index contributed by atoms with van der Waals surface area (Å²) in [7, 11) is 0. The van der Waals surface area contributed by atoms with E-state index in [2.05, 4.69) is 5.32 Å². The summed E-state index contributed by atoms with van der Waals surface area (Å²) in [6, 6.07) is 9.51. The molecule has 0 unspecified atom stereocenters. The Morgan fingerprint density at radius 3 is 2.61 bits per heavy atom. The number of ketones is 1. The fourth-order valence-electron chi connectivity index (χ4n) is 4.58. The van der Waals surface area contributed by atoms with E-state index in [0.717, 1.165) is 0 Å². The molecule has 28 heavy (non-hydrogen) atoms. The minimum Gasteiger partial charge on any atom is -0.352 e. The predicted molar refractivity (Wildman–Crippen MR) is 101 cm³/mol. The number of amides is 2. The molecule has 0 spiro atoms. The van der Waals surface area contributed by atoms with Crippen molar-refractivity contribution in [3.8, 4) is 0 Å². The molecule has 0 aliphatic carbocycles. The van der Waals surface area contributed by atoms with Gasteiger partial charge in [-0.3, -0.25) is 19.7 Å². The van der Waals surface area contributed by atoms with Crippen molar-refractivity contribution in [2.75, 3.05) is 4.90 Å². The summed E-state index contributed by atoms with van der Waals surface area (Å²) < 4.78 is 13.7. The molecule has 2 aromatic carbocycles. The third-order valence-corrected chi connectivity index (χ3v) is 6.05. The lowest BCUT2D eigenvalue weighted by Gasteiger charge is -2.35. The minimum absolute atomic E-state index is 0.282. The largest absolute Gasteiger partial charge is 0.352 e. The van der Waals surface area contributed by atoms with Crippen molar-refractivity contribution in [3.05, 3.63) is 70.5 Å². The summed E-state index contributed by atoms with van der Waals surface area (Å²) in [4.78, 5) is 40.3. The number of carbonyl (C=O) groups excluding carboxylic acids is 3. The molecule has 3 aliphatic heterocycles. The fourth-order valence-corrected chi connectivity index (χ4v) is 4.81. The second-order valence-electron chi connectivity index (χ2n) is 7.15. The molecule has 3 heterocycles. The highest BCUT2D eigenvalue weighted by Crippen LogP contribution is 2.47. The molecule has 1 N–H and O–H groups in total. The highest BCUT2D eigenvalue weighted by Gasteiger charge is 2.61. The van der Waals surface area contributed by atoms with Crippen LogP contribution in [0.25, 0.3) is 6.08 Å². The van der Waals surface area contributed by atoms with E-state index in [0.29, 0.717) is 16.8 Å². The molecule has 3 aliphatic rings. The summed E-state index contributed by atoms with van der Waals surface area (Å²) in [5, 5.41) is 2.63. The molecule has 0 saturated carbocycles. The Balaban J connectivity index is 1.69. The predicted octanol–water partition coefficient (Wildman–Crippen LogP) is 2.83. The number of benzene rings is 2. The molecular weight excluding hydrogens is 383 g/mol. The lowest BCUT2D eigenvalue weighted by atomic mass is 9.86. The van der Waals surface area contributed by atoms with Gasteiger partial charge in [0.05, 0.1) is 22.9 Å². The first-order chi connectivity index (χ1) is 13.5. The van der Waals surface area contributed by atoms with Gasteiger partial charge in [0.2, 0.25) is 11.8 Å². The average Bonchev–Trinajstić information content (AvgIpc) is 3.17. The second-order valence-corrected chi connectivity index (χ2v) is 7.56. The number of rotatable bonds is 2. The molecule has 2 saturated heterocycles. The summed E-state index contributed by atoms with van der Waals surface area (Å²) >= 11 is 6.23. The van der Waals surface area contributed by atoms with E-state index in [1.807, 2.05) is 0 Å². The topological polar surface area (TPSA) is 66.5 Å². The van der Waals surface area contributed by atoms with E-state index in [-0.39, 0.29) is 10.8 Å². The summed E-state index contributed by atoms with van der Waals surface area (Å²) in [6.07, 6.45) is 3.49. The Morgan fingerprint density at radius 2 is 1.82 bits per heavy atom.